The Morgan fingerprint density at radius 1 is 1.37 bits per heavy atom. The van der Waals surface area contributed by atoms with Gasteiger partial charge in [0.1, 0.15) is 18.5 Å². The van der Waals surface area contributed by atoms with Crippen LogP contribution in [0.1, 0.15) is 37.3 Å². The number of nitrogens with one attached hydrogen (secondary N) is 1. The van der Waals surface area contributed by atoms with E-state index in [2.05, 4.69) is 25.2 Å². The maximum absolute atomic E-state index is 9.95. The summed E-state index contributed by atoms with van der Waals surface area (Å²) in [7, 11) is 0. The Morgan fingerprint density at radius 2 is 2.11 bits per heavy atom. The Bertz CT molecular complexity index is 427. The first-order valence-corrected chi connectivity index (χ1v) is 7.12. The molecule has 0 amide bonds. The van der Waals surface area contributed by atoms with Gasteiger partial charge in [-0.05, 0) is 51.7 Å². The lowest BCUT2D eigenvalue weighted by molar-refractivity contribution is 0.0865. The molecule has 0 aliphatic heterocycles. The van der Waals surface area contributed by atoms with Gasteiger partial charge in [0.2, 0.25) is 0 Å². The molecule has 2 N–H and O–H groups in total. The topological polar surface area (TPSA) is 41.5 Å². The second-order valence-corrected chi connectivity index (χ2v) is 6.03. The molecule has 1 aromatic rings. The van der Waals surface area contributed by atoms with Crippen molar-refractivity contribution in [1.29, 1.82) is 0 Å². The summed E-state index contributed by atoms with van der Waals surface area (Å²) >= 11 is 0. The number of hydrogen-bond acceptors (Lipinski definition) is 3. The molecule has 0 heterocycles. The minimum absolute atomic E-state index is 0.237. The van der Waals surface area contributed by atoms with Gasteiger partial charge in [0, 0.05) is 12.1 Å². The van der Waals surface area contributed by atoms with Gasteiger partial charge in [0.25, 0.3) is 0 Å². The lowest BCUT2D eigenvalue weighted by Gasteiger charge is -2.40. The number of aliphatic hydroxyl groups excluding tert-OH is 1. The number of aliphatic hydroxyl groups is 1. The zero-order valence-corrected chi connectivity index (χ0v) is 12.2. The fraction of sp³-hybridized carbons (Fsp3) is 0.625. The standard InChI is InChI=1S/C16H25NO2/c1-12-5-6-15(13(2)9-12)19-11-14(18)10-17-16(3)7-4-8-16/h5-6,9,14,17-18H,4,7-8,10-11H2,1-3H3. The maximum Gasteiger partial charge on any atom is 0.122 e. The number of hydrogen-bond donors (Lipinski definition) is 2. The lowest BCUT2D eigenvalue weighted by atomic mass is 9.78. The number of ether oxygens (including phenoxy) is 1. The van der Waals surface area contributed by atoms with Crippen LogP contribution in [0.15, 0.2) is 18.2 Å². The van der Waals surface area contributed by atoms with Crippen LogP contribution in [0.25, 0.3) is 0 Å². The Hall–Kier alpha value is -1.06. The molecule has 0 aromatic heterocycles. The van der Waals surface area contributed by atoms with Gasteiger partial charge in [-0.3, -0.25) is 0 Å². The first-order chi connectivity index (χ1) is 8.98. The van der Waals surface area contributed by atoms with Gasteiger partial charge in [-0.1, -0.05) is 17.7 Å². The van der Waals surface area contributed by atoms with Gasteiger partial charge in [0.05, 0.1) is 0 Å². The highest BCUT2D eigenvalue weighted by atomic mass is 16.5. The molecule has 1 aromatic carbocycles. The zero-order valence-electron chi connectivity index (χ0n) is 12.2. The number of benzene rings is 1. The van der Waals surface area contributed by atoms with Crippen molar-refractivity contribution >= 4 is 0 Å². The average Bonchev–Trinajstić information content (AvgIpc) is 2.33. The Balaban J connectivity index is 1.75. The van der Waals surface area contributed by atoms with Crippen LogP contribution in [0.5, 0.6) is 5.75 Å². The summed E-state index contributed by atoms with van der Waals surface area (Å²) in [6.07, 6.45) is 3.24. The first-order valence-electron chi connectivity index (χ1n) is 7.12. The minimum atomic E-state index is -0.460. The molecule has 2 rings (SSSR count). The van der Waals surface area contributed by atoms with E-state index in [0.29, 0.717) is 13.2 Å². The van der Waals surface area contributed by atoms with E-state index < -0.39 is 6.10 Å². The average molecular weight is 263 g/mol. The second-order valence-electron chi connectivity index (χ2n) is 6.03. The summed E-state index contributed by atoms with van der Waals surface area (Å²) in [4.78, 5) is 0. The molecule has 1 aliphatic rings. The molecule has 1 unspecified atom stereocenters. The smallest absolute Gasteiger partial charge is 0.122 e. The summed E-state index contributed by atoms with van der Waals surface area (Å²) in [6.45, 7) is 7.25. The van der Waals surface area contributed by atoms with Crippen molar-refractivity contribution in [2.24, 2.45) is 0 Å². The van der Waals surface area contributed by atoms with E-state index in [-0.39, 0.29) is 5.54 Å². The number of aryl methyl sites for hydroxylation is 2. The van der Waals surface area contributed by atoms with Gasteiger partial charge in [-0.25, -0.2) is 0 Å². The van der Waals surface area contributed by atoms with E-state index in [4.69, 9.17) is 4.74 Å². The normalized spacial score (nSPS) is 18.7. The van der Waals surface area contributed by atoms with Crippen LogP contribution in [-0.2, 0) is 0 Å². The van der Waals surface area contributed by atoms with Crippen molar-refractivity contribution < 1.29 is 9.84 Å². The molecule has 1 saturated carbocycles. The Labute approximate surface area is 116 Å². The molecule has 1 aliphatic carbocycles. The van der Waals surface area contributed by atoms with Crippen LogP contribution in [0.3, 0.4) is 0 Å². The third kappa shape index (κ3) is 3.95. The SMILES string of the molecule is Cc1ccc(OCC(O)CNC2(C)CCC2)c(C)c1. The van der Waals surface area contributed by atoms with E-state index in [0.717, 1.165) is 11.3 Å². The molecule has 3 heteroatoms. The van der Waals surface area contributed by atoms with Gasteiger partial charge in [-0.15, -0.1) is 0 Å². The van der Waals surface area contributed by atoms with Crippen LogP contribution in [0, 0.1) is 13.8 Å². The molecule has 19 heavy (non-hydrogen) atoms. The highest BCUT2D eigenvalue weighted by Gasteiger charge is 2.31. The van der Waals surface area contributed by atoms with Crippen molar-refractivity contribution in [2.75, 3.05) is 13.2 Å². The third-order valence-electron chi connectivity index (χ3n) is 3.98. The van der Waals surface area contributed by atoms with E-state index in [1.165, 1.54) is 24.8 Å². The van der Waals surface area contributed by atoms with Gasteiger partial charge in [0.15, 0.2) is 0 Å². The van der Waals surface area contributed by atoms with E-state index in [1.54, 1.807) is 0 Å². The fourth-order valence-corrected chi connectivity index (χ4v) is 2.45. The van der Waals surface area contributed by atoms with Crippen LogP contribution in [-0.4, -0.2) is 29.9 Å². The summed E-state index contributed by atoms with van der Waals surface area (Å²) in [5, 5.41) is 13.4. The molecular formula is C16H25NO2. The monoisotopic (exact) mass is 263 g/mol. The van der Waals surface area contributed by atoms with Crippen LogP contribution < -0.4 is 10.1 Å². The molecule has 106 valence electrons. The minimum Gasteiger partial charge on any atom is -0.491 e. The van der Waals surface area contributed by atoms with E-state index in [1.807, 2.05) is 19.1 Å². The Kier molecular flexibility index (Phi) is 4.48. The third-order valence-corrected chi connectivity index (χ3v) is 3.98. The first kappa shape index (κ1) is 14.4. The summed E-state index contributed by atoms with van der Waals surface area (Å²) in [5.74, 6) is 0.861. The van der Waals surface area contributed by atoms with Crippen LogP contribution in [0.4, 0.5) is 0 Å². The predicted molar refractivity (Wildman–Crippen MR) is 77.7 cm³/mol. The van der Waals surface area contributed by atoms with Crippen molar-refractivity contribution in [3.63, 3.8) is 0 Å². The largest absolute Gasteiger partial charge is 0.491 e. The fourth-order valence-electron chi connectivity index (χ4n) is 2.45. The zero-order chi connectivity index (χ0) is 13.9. The van der Waals surface area contributed by atoms with Crippen molar-refractivity contribution in [3.05, 3.63) is 29.3 Å². The van der Waals surface area contributed by atoms with Gasteiger partial charge in [-0.2, -0.15) is 0 Å². The van der Waals surface area contributed by atoms with Crippen LogP contribution in [0.2, 0.25) is 0 Å². The van der Waals surface area contributed by atoms with Gasteiger partial charge >= 0.3 is 0 Å². The summed E-state index contributed by atoms with van der Waals surface area (Å²) in [5.41, 5.74) is 2.58. The Morgan fingerprint density at radius 3 is 2.68 bits per heavy atom. The molecule has 0 spiro atoms. The van der Waals surface area contributed by atoms with Gasteiger partial charge < -0.3 is 15.2 Å². The highest BCUT2D eigenvalue weighted by molar-refractivity contribution is 5.35. The molecule has 1 fully saturated rings. The van der Waals surface area contributed by atoms with E-state index >= 15 is 0 Å². The van der Waals surface area contributed by atoms with Crippen molar-refractivity contribution in [3.8, 4) is 5.75 Å². The van der Waals surface area contributed by atoms with Crippen molar-refractivity contribution in [1.82, 2.24) is 5.32 Å². The summed E-state index contributed by atoms with van der Waals surface area (Å²) < 4.78 is 5.68. The number of β-amino-alcohol motifs (C(OH)–C–C–N with tert-alkyl or cyclic N) is 1. The van der Waals surface area contributed by atoms with Crippen LogP contribution >= 0.6 is 0 Å². The molecular weight excluding hydrogens is 238 g/mol. The second kappa shape index (κ2) is 5.93. The molecule has 0 radical (unpaired) electrons. The highest BCUT2D eigenvalue weighted by Crippen LogP contribution is 2.30. The molecule has 0 saturated heterocycles. The summed E-state index contributed by atoms with van der Waals surface area (Å²) in [6, 6.07) is 6.09. The lowest BCUT2D eigenvalue weighted by Crippen LogP contribution is -2.51. The molecule has 1 atom stereocenters. The maximum atomic E-state index is 9.95. The molecule has 0 bridgehead atoms. The number of rotatable bonds is 6. The quantitative estimate of drug-likeness (QED) is 0.829. The van der Waals surface area contributed by atoms with E-state index in [9.17, 15) is 5.11 Å². The predicted octanol–water partition coefficient (Wildman–Crippen LogP) is 2.58. The molecule has 3 nitrogen and oxygen atoms in total. The van der Waals surface area contributed by atoms with Crippen molar-refractivity contribution in [2.45, 2.75) is 51.7 Å².